The smallest absolute Gasteiger partial charge is 0.352 e. The second-order valence-corrected chi connectivity index (χ2v) is 23.8. The van der Waals surface area contributed by atoms with Crippen LogP contribution >= 0.6 is 57.4 Å². The fourth-order valence-corrected chi connectivity index (χ4v) is 10.4. The van der Waals surface area contributed by atoms with E-state index in [4.69, 9.17) is 27.6 Å². The molecule has 26 heteroatoms. The molecule has 0 aliphatic heterocycles. The summed E-state index contributed by atoms with van der Waals surface area (Å²) in [6.45, 7) is 11.9. The fraction of sp³-hybridized carbons (Fsp3) is 0.294. The summed E-state index contributed by atoms with van der Waals surface area (Å²) in [4.78, 5) is 112. The number of rotatable bonds is 16. The number of nitrogens with zero attached hydrogens (tertiary/aromatic N) is 10. The summed E-state index contributed by atoms with van der Waals surface area (Å²) in [5.41, 5.74) is -2.81. The second kappa shape index (κ2) is 22.9. The van der Waals surface area contributed by atoms with Gasteiger partial charge in [0.2, 0.25) is 5.78 Å². The quantitative estimate of drug-likeness (QED) is 0.0853. The first-order valence-electron chi connectivity index (χ1n) is 23.1. The van der Waals surface area contributed by atoms with Crippen LogP contribution in [0.25, 0.3) is 22.5 Å². The molecule has 0 amide bonds. The summed E-state index contributed by atoms with van der Waals surface area (Å²) in [6, 6.07) is 14.3. The zero-order valence-electron chi connectivity index (χ0n) is 42.9. The highest BCUT2D eigenvalue weighted by Crippen LogP contribution is 2.32. The number of pyridine rings is 2. The molecule has 8 aromatic heterocycles. The van der Waals surface area contributed by atoms with Gasteiger partial charge in [-0.05, 0) is 60.9 Å². The summed E-state index contributed by atoms with van der Waals surface area (Å²) in [5, 5.41) is 30.0. The number of carboxylic acid groups (broad SMARTS) is 2. The van der Waals surface area contributed by atoms with Gasteiger partial charge >= 0.3 is 11.9 Å². The Morgan fingerprint density at radius 3 is 1.65 bits per heavy atom. The number of oxazole rings is 1. The van der Waals surface area contributed by atoms with Crippen molar-refractivity contribution in [2.45, 2.75) is 74.6 Å². The van der Waals surface area contributed by atoms with Gasteiger partial charge < -0.3 is 29.0 Å². The first-order chi connectivity index (χ1) is 36.1. The Morgan fingerprint density at radius 2 is 1.21 bits per heavy atom. The predicted octanol–water partition coefficient (Wildman–Crippen LogP) is 9.41. The van der Waals surface area contributed by atoms with Crippen molar-refractivity contribution >= 4 is 104 Å². The van der Waals surface area contributed by atoms with E-state index < -0.39 is 46.2 Å². The number of carbonyl (C=O) groups excluding carboxylic acids is 4. The number of anilines is 2. The first-order valence-corrected chi connectivity index (χ1v) is 26.4. The summed E-state index contributed by atoms with van der Waals surface area (Å²) < 4.78 is 14.4. The summed E-state index contributed by atoms with van der Waals surface area (Å²) >= 11 is 16.1. The third-order valence-corrected chi connectivity index (χ3v) is 14.7. The number of hydrogen-bond acceptors (Lipinski definition) is 18. The van der Waals surface area contributed by atoms with Gasteiger partial charge in [-0.1, -0.05) is 64.7 Å². The van der Waals surface area contributed by atoms with Gasteiger partial charge in [-0.2, -0.15) is 19.6 Å². The minimum absolute atomic E-state index is 0.0252. The number of aromatic nitrogens is 8. The normalized spacial score (nSPS) is 11.5. The average Bonchev–Trinajstić information content (AvgIpc) is 4.25. The Balaban J connectivity index is 0.000000224. The maximum Gasteiger partial charge on any atom is 0.352 e. The largest absolute Gasteiger partial charge is 0.478 e. The van der Waals surface area contributed by atoms with Gasteiger partial charge in [0.1, 0.15) is 40.7 Å². The molecule has 8 aromatic rings. The maximum atomic E-state index is 13.7. The van der Waals surface area contributed by atoms with E-state index in [0.29, 0.717) is 39.0 Å². The van der Waals surface area contributed by atoms with E-state index in [1.54, 1.807) is 95.1 Å². The van der Waals surface area contributed by atoms with E-state index >= 15 is 0 Å². The number of thiophene rings is 2. The standard InChI is InChI=1S/C26H26ClN5O5S2.C25H24ClN5O6S/c1-14-17(24(35)36)8-18(23(34)31(14)12-20(33)15-10-28-38-13-15)19-9-22(32(29-19)25(37)26(2,3)4)30(5)11-16-6-7-21(27)39-16;1-25(2,3)24(36)31-21(29(4)10-14-5-8-20(26)38-14)9-16(28-31)15-6-7-18(23(34)35)30(22(15)33)11-19(32)17-12-37-13-27-17/h6-10,13H,11-12H2,1-5H3,(H,35,36);5-9,12-13H,10-11H2,1-4H3,(H,34,35). The predicted molar refractivity (Wildman–Crippen MR) is 293 cm³/mol. The summed E-state index contributed by atoms with van der Waals surface area (Å²) in [6.07, 6.45) is 3.57. The molecule has 2 N–H and O–H groups in total. The minimum atomic E-state index is -1.38. The van der Waals surface area contributed by atoms with Crippen molar-refractivity contribution in [3.63, 3.8) is 0 Å². The van der Waals surface area contributed by atoms with Crippen molar-refractivity contribution in [1.29, 1.82) is 0 Å². The molecule has 0 bridgehead atoms. The molecule has 8 rings (SSSR count). The van der Waals surface area contributed by atoms with E-state index in [1.807, 2.05) is 12.1 Å². The molecule has 0 aromatic carbocycles. The second-order valence-electron chi connectivity index (χ2n) is 19.5. The molecule has 0 radical (unpaired) electrons. The third-order valence-electron chi connectivity index (χ3n) is 11.7. The van der Waals surface area contributed by atoms with Crippen LogP contribution in [0.2, 0.25) is 8.67 Å². The summed E-state index contributed by atoms with van der Waals surface area (Å²) in [7, 11) is 3.56. The van der Waals surface area contributed by atoms with E-state index in [9.17, 15) is 48.6 Å². The molecular weight excluding hydrogens is 1100 g/mol. The average molecular weight is 1150 g/mol. The number of hydrogen-bond donors (Lipinski definition) is 2. The molecule has 77 heavy (non-hydrogen) atoms. The monoisotopic (exact) mass is 1140 g/mol. The number of aromatic carboxylic acids is 2. The molecule has 8 heterocycles. The molecule has 0 aliphatic carbocycles. The Labute approximate surface area is 461 Å². The molecule has 0 saturated heterocycles. The highest BCUT2D eigenvalue weighted by molar-refractivity contribution is 7.16. The summed E-state index contributed by atoms with van der Waals surface area (Å²) in [5.74, 6) is -3.41. The van der Waals surface area contributed by atoms with Gasteiger partial charge in [0, 0.05) is 57.9 Å². The zero-order valence-corrected chi connectivity index (χ0v) is 46.8. The van der Waals surface area contributed by atoms with Crippen molar-refractivity contribution in [2.75, 3.05) is 23.9 Å². The van der Waals surface area contributed by atoms with Crippen molar-refractivity contribution in [3.05, 3.63) is 146 Å². The molecule has 0 aliphatic rings. The van der Waals surface area contributed by atoms with Crippen LogP contribution in [0.15, 0.2) is 92.8 Å². The lowest BCUT2D eigenvalue weighted by Crippen LogP contribution is -2.31. The number of carbonyl (C=O) groups is 6. The Hall–Kier alpha value is -7.64. The Bertz CT molecular complexity index is 3690. The molecule has 0 fully saturated rings. The van der Waals surface area contributed by atoms with Gasteiger partial charge in [-0.25, -0.2) is 18.9 Å². The van der Waals surface area contributed by atoms with Crippen LogP contribution in [0.1, 0.15) is 108 Å². The van der Waals surface area contributed by atoms with Crippen LogP contribution in [0, 0.1) is 17.8 Å². The number of carboxylic acids is 2. The SMILES string of the molecule is CN(Cc1ccc(Cl)s1)c1cc(-c2ccc(C(=O)O)n(CC(=O)c3cocn3)c2=O)nn1C(=O)C(C)(C)C.Cc1c(C(=O)O)cc(-c2cc(N(C)Cc3ccc(Cl)s3)n(C(=O)C(C)(C)C)n2)c(=O)n1CC(=O)c1cnsc1. The third kappa shape index (κ3) is 12.8. The van der Waals surface area contributed by atoms with Gasteiger partial charge in [0.15, 0.2) is 12.2 Å². The minimum Gasteiger partial charge on any atom is -0.478 e. The van der Waals surface area contributed by atoms with Gasteiger partial charge in [0.05, 0.1) is 63.3 Å². The lowest BCUT2D eigenvalue weighted by molar-refractivity contribution is 0.0676. The Morgan fingerprint density at radius 1 is 0.688 bits per heavy atom. The molecule has 21 nitrogen and oxygen atoms in total. The highest BCUT2D eigenvalue weighted by Gasteiger charge is 2.32. The maximum absolute atomic E-state index is 13.7. The van der Waals surface area contributed by atoms with Crippen LogP contribution in [0.3, 0.4) is 0 Å². The van der Waals surface area contributed by atoms with E-state index in [1.165, 1.54) is 63.4 Å². The van der Waals surface area contributed by atoms with Crippen molar-refractivity contribution in [2.24, 2.45) is 10.8 Å². The van der Waals surface area contributed by atoms with Crippen molar-refractivity contribution in [3.8, 4) is 22.5 Å². The van der Waals surface area contributed by atoms with Crippen LogP contribution in [0.5, 0.6) is 0 Å². The lowest BCUT2D eigenvalue weighted by atomic mass is 9.96. The Kier molecular flexibility index (Phi) is 17.0. The molecule has 402 valence electrons. The van der Waals surface area contributed by atoms with Crippen LogP contribution < -0.4 is 20.9 Å². The molecule has 0 saturated carbocycles. The van der Waals surface area contributed by atoms with Gasteiger partial charge in [-0.15, -0.1) is 22.7 Å². The van der Waals surface area contributed by atoms with Crippen LogP contribution in [-0.4, -0.2) is 97.7 Å². The van der Waals surface area contributed by atoms with Gasteiger partial charge in [-0.3, -0.25) is 33.3 Å². The number of Topliss-reactive ketones (excluding diaryl/α,β-unsaturated/α-hetero) is 2. The lowest BCUT2D eigenvalue weighted by Gasteiger charge is -2.22. The molecular formula is C51H50Cl2N10O11S3. The molecule has 0 spiro atoms. The molecule has 0 atom stereocenters. The van der Waals surface area contributed by atoms with Gasteiger partial charge in [0.25, 0.3) is 22.9 Å². The van der Waals surface area contributed by atoms with E-state index in [-0.39, 0.29) is 69.3 Å². The number of ketones is 2. The van der Waals surface area contributed by atoms with Crippen LogP contribution in [-0.2, 0) is 26.2 Å². The van der Waals surface area contributed by atoms with Crippen LogP contribution in [0.4, 0.5) is 11.6 Å². The molecule has 0 unspecified atom stereocenters. The van der Waals surface area contributed by atoms with Crippen molar-refractivity contribution in [1.82, 2.24) is 38.1 Å². The fourth-order valence-electron chi connectivity index (χ4n) is 7.60. The van der Waals surface area contributed by atoms with E-state index in [2.05, 4.69) is 19.6 Å². The van der Waals surface area contributed by atoms with Crippen molar-refractivity contribution < 1.29 is 43.4 Å². The number of halogens is 2. The topological polar surface area (TPSA) is 268 Å². The zero-order chi connectivity index (χ0) is 56.4. The van der Waals surface area contributed by atoms with E-state index in [0.717, 1.165) is 43.1 Å². The first kappa shape index (κ1) is 57.1. The highest BCUT2D eigenvalue weighted by atomic mass is 35.5.